The number of nitrogens with one attached hydrogen (secondary N) is 1. The summed E-state index contributed by atoms with van der Waals surface area (Å²) in [6.45, 7) is 1.91. The van der Waals surface area contributed by atoms with E-state index in [1.54, 1.807) is 30.5 Å². The molecule has 0 aliphatic heterocycles. The smallest absolute Gasteiger partial charge is 0.303 e. The number of aliphatic carboxylic acids is 1. The third-order valence-electron chi connectivity index (χ3n) is 3.53. The van der Waals surface area contributed by atoms with Gasteiger partial charge in [-0.15, -0.1) is 0 Å². The van der Waals surface area contributed by atoms with Crippen LogP contribution in [0.25, 0.3) is 11.6 Å². The van der Waals surface area contributed by atoms with E-state index >= 15 is 0 Å². The Morgan fingerprint density at radius 2 is 2.09 bits per heavy atom. The van der Waals surface area contributed by atoms with Crippen molar-refractivity contribution in [2.24, 2.45) is 0 Å². The van der Waals surface area contributed by atoms with E-state index < -0.39 is 5.97 Å². The van der Waals surface area contributed by atoms with E-state index in [4.69, 9.17) is 10.8 Å². The van der Waals surface area contributed by atoms with Gasteiger partial charge in [-0.2, -0.15) is 0 Å². The highest BCUT2D eigenvalue weighted by Crippen LogP contribution is 2.24. The van der Waals surface area contributed by atoms with Crippen molar-refractivity contribution in [3.05, 3.63) is 52.8 Å². The summed E-state index contributed by atoms with van der Waals surface area (Å²) in [5.41, 5.74) is 10.2. The van der Waals surface area contributed by atoms with Crippen LogP contribution in [-0.2, 0) is 16.0 Å². The van der Waals surface area contributed by atoms with Gasteiger partial charge < -0.3 is 15.8 Å². The number of anilines is 1. The van der Waals surface area contributed by atoms with Crippen molar-refractivity contribution < 1.29 is 14.7 Å². The highest BCUT2D eigenvalue weighted by atomic mass is 16.4. The van der Waals surface area contributed by atoms with E-state index in [9.17, 15) is 9.59 Å². The fourth-order valence-electron chi connectivity index (χ4n) is 2.36. The second-order valence-corrected chi connectivity index (χ2v) is 5.06. The Kier molecular flexibility index (Phi) is 4.78. The Hall–Kier alpha value is -2.82. The van der Waals surface area contributed by atoms with Gasteiger partial charge in [0.05, 0.1) is 0 Å². The minimum Gasteiger partial charge on any atom is -0.481 e. The number of allylic oxidation sites excluding steroid dienone is 1. The Bertz CT molecular complexity index is 729. The number of carbonyl (C=O) groups is 2. The fourth-order valence-corrected chi connectivity index (χ4v) is 2.36. The molecule has 0 amide bonds. The molecule has 22 heavy (non-hydrogen) atoms. The number of rotatable bonds is 6. The molecule has 1 aromatic heterocycles. The van der Waals surface area contributed by atoms with Crippen LogP contribution in [0.4, 0.5) is 5.69 Å². The van der Waals surface area contributed by atoms with Crippen LogP contribution in [-0.4, -0.2) is 22.3 Å². The molecule has 5 heteroatoms. The first-order valence-electron chi connectivity index (χ1n) is 6.93. The largest absolute Gasteiger partial charge is 0.481 e. The summed E-state index contributed by atoms with van der Waals surface area (Å²) in [5.74, 6) is -0.849. The Balaban J connectivity index is 2.40. The Morgan fingerprint density at radius 1 is 1.36 bits per heavy atom. The zero-order chi connectivity index (χ0) is 16.1. The predicted molar refractivity (Wildman–Crippen MR) is 86.3 cm³/mol. The average molecular weight is 298 g/mol. The van der Waals surface area contributed by atoms with Gasteiger partial charge in [0, 0.05) is 35.1 Å². The number of para-hydroxylation sites is 1. The van der Waals surface area contributed by atoms with Crippen LogP contribution in [0, 0.1) is 6.92 Å². The van der Waals surface area contributed by atoms with Gasteiger partial charge >= 0.3 is 5.97 Å². The highest BCUT2D eigenvalue weighted by molar-refractivity contribution is 6.15. The molecule has 0 unspecified atom stereocenters. The molecule has 0 saturated heterocycles. The number of carbonyl (C=O) groups excluding carboxylic acids is 1. The number of H-pyrrole nitrogens is 1. The van der Waals surface area contributed by atoms with Gasteiger partial charge in [-0.05, 0) is 36.6 Å². The van der Waals surface area contributed by atoms with Crippen molar-refractivity contribution in [1.29, 1.82) is 0 Å². The van der Waals surface area contributed by atoms with Crippen LogP contribution < -0.4 is 5.73 Å². The lowest BCUT2D eigenvalue weighted by Gasteiger charge is -2.06. The maximum atomic E-state index is 11.4. The number of hydrogen-bond acceptors (Lipinski definition) is 3. The number of nitrogens with two attached hydrogens (primary N) is 1. The quantitative estimate of drug-likeness (QED) is 0.434. The molecule has 1 heterocycles. The molecule has 5 nitrogen and oxygen atoms in total. The SMILES string of the molecule is Cc1c[nH]c(/C=C(\C=O)c2ccccc2N)c1CCC(=O)O. The highest BCUT2D eigenvalue weighted by Gasteiger charge is 2.11. The second-order valence-electron chi connectivity index (χ2n) is 5.06. The number of aromatic amines is 1. The van der Waals surface area contributed by atoms with E-state index in [0.717, 1.165) is 23.1 Å². The van der Waals surface area contributed by atoms with Gasteiger partial charge in [0.15, 0.2) is 6.29 Å². The van der Waals surface area contributed by atoms with Crippen molar-refractivity contribution in [2.45, 2.75) is 19.8 Å². The molecular formula is C17H18N2O3. The van der Waals surface area contributed by atoms with Crippen LogP contribution >= 0.6 is 0 Å². The molecule has 0 spiro atoms. The monoisotopic (exact) mass is 298 g/mol. The third kappa shape index (κ3) is 3.44. The minimum atomic E-state index is -0.849. The fraction of sp³-hybridized carbons (Fsp3) is 0.176. The summed E-state index contributed by atoms with van der Waals surface area (Å²) < 4.78 is 0. The van der Waals surface area contributed by atoms with Crippen LogP contribution in [0.15, 0.2) is 30.5 Å². The summed E-state index contributed by atoms with van der Waals surface area (Å²) in [5, 5.41) is 8.84. The molecule has 114 valence electrons. The summed E-state index contributed by atoms with van der Waals surface area (Å²) in [6.07, 6.45) is 4.72. The van der Waals surface area contributed by atoms with Gasteiger partial charge in [-0.25, -0.2) is 0 Å². The molecule has 0 saturated carbocycles. The first kappa shape index (κ1) is 15.6. The molecule has 4 N–H and O–H groups in total. The van der Waals surface area contributed by atoms with E-state index in [2.05, 4.69) is 4.98 Å². The maximum absolute atomic E-state index is 11.4. The molecule has 0 aliphatic rings. The zero-order valence-electron chi connectivity index (χ0n) is 12.3. The standard InChI is InChI=1S/C17H18N2O3/c1-11-9-19-16(13(11)6-7-17(21)22)8-12(10-20)14-4-2-3-5-15(14)18/h2-5,8-10,19H,6-7,18H2,1H3,(H,21,22)/b12-8+. The summed E-state index contributed by atoms with van der Waals surface area (Å²) in [4.78, 5) is 25.3. The summed E-state index contributed by atoms with van der Waals surface area (Å²) in [6, 6.07) is 7.13. The van der Waals surface area contributed by atoms with Crippen molar-refractivity contribution in [1.82, 2.24) is 4.98 Å². The van der Waals surface area contributed by atoms with Crippen LogP contribution in [0.2, 0.25) is 0 Å². The lowest BCUT2D eigenvalue weighted by atomic mass is 10.0. The molecule has 0 fully saturated rings. The number of benzene rings is 1. The number of aldehydes is 1. The number of aromatic nitrogens is 1. The molecule has 0 radical (unpaired) electrons. The van der Waals surface area contributed by atoms with Gasteiger partial charge in [0.1, 0.15) is 0 Å². The summed E-state index contributed by atoms with van der Waals surface area (Å²) in [7, 11) is 0. The number of hydrogen-bond donors (Lipinski definition) is 3. The van der Waals surface area contributed by atoms with Gasteiger partial charge in [0.2, 0.25) is 0 Å². The summed E-state index contributed by atoms with van der Waals surface area (Å²) >= 11 is 0. The Morgan fingerprint density at radius 3 is 2.73 bits per heavy atom. The molecular weight excluding hydrogens is 280 g/mol. The molecule has 2 rings (SSSR count). The second kappa shape index (κ2) is 6.76. The maximum Gasteiger partial charge on any atom is 0.303 e. The number of nitrogen functional groups attached to an aromatic ring is 1. The predicted octanol–water partition coefficient (Wildman–Crippen LogP) is 2.66. The van der Waals surface area contributed by atoms with Crippen LogP contribution in [0.1, 0.15) is 28.8 Å². The van der Waals surface area contributed by atoms with E-state index in [1.807, 2.05) is 13.0 Å². The van der Waals surface area contributed by atoms with Crippen LogP contribution in [0.3, 0.4) is 0 Å². The molecule has 1 aromatic carbocycles. The normalized spacial score (nSPS) is 11.4. The van der Waals surface area contributed by atoms with Gasteiger partial charge in [-0.3, -0.25) is 9.59 Å². The first-order valence-corrected chi connectivity index (χ1v) is 6.93. The number of carboxylic acids is 1. The van der Waals surface area contributed by atoms with Crippen molar-refractivity contribution >= 4 is 29.6 Å². The van der Waals surface area contributed by atoms with E-state index in [0.29, 0.717) is 23.2 Å². The van der Waals surface area contributed by atoms with Crippen molar-refractivity contribution in [3.63, 3.8) is 0 Å². The van der Waals surface area contributed by atoms with Gasteiger partial charge in [-0.1, -0.05) is 18.2 Å². The molecule has 2 aromatic rings. The van der Waals surface area contributed by atoms with Crippen LogP contribution in [0.5, 0.6) is 0 Å². The molecule has 0 bridgehead atoms. The molecule has 0 atom stereocenters. The van der Waals surface area contributed by atoms with Crippen molar-refractivity contribution in [3.8, 4) is 0 Å². The average Bonchev–Trinajstić information content (AvgIpc) is 2.83. The number of carboxylic acid groups (broad SMARTS) is 1. The van der Waals surface area contributed by atoms with Gasteiger partial charge in [0.25, 0.3) is 0 Å². The topological polar surface area (TPSA) is 96.2 Å². The molecule has 0 aliphatic carbocycles. The lowest BCUT2D eigenvalue weighted by Crippen LogP contribution is -1.99. The zero-order valence-corrected chi connectivity index (χ0v) is 12.3. The van der Waals surface area contributed by atoms with Crippen molar-refractivity contribution in [2.75, 3.05) is 5.73 Å². The lowest BCUT2D eigenvalue weighted by molar-refractivity contribution is -0.136. The number of aryl methyl sites for hydroxylation is 1. The third-order valence-corrected chi connectivity index (χ3v) is 3.53. The van der Waals surface area contributed by atoms with E-state index in [1.165, 1.54) is 0 Å². The van der Waals surface area contributed by atoms with E-state index in [-0.39, 0.29) is 6.42 Å². The minimum absolute atomic E-state index is 0.0451. The Labute approximate surface area is 128 Å². The first-order chi connectivity index (χ1) is 10.5.